The Hall–Kier alpha value is -0.380. The van der Waals surface area contributed by atoms with Crippen LogP contribution in [0.3, 0.4) is 0 Å². The first-order valence-electron chi connectivity index (χ1n) is 4.75. The van der Waals surface area contributed by atoms with Gasteiger partial charge in [-0.05, 0) is 20.3 Å². The SMILES string of the molecule is CC(C)=CCN1CCC(O)(CO)C1. The molecule has 0 aliphatic carbocycles. The number of rotatable bonds is 3. The number of allylic oxidation sites excluding steroid dienone is 1. The molecular formula is C10H19NO2. The second kappa shape index (κ2) is 4.22. The van der Waals surface area contributed by atoms with Crippen molar-refractivity contribution in [2.24, 2.45) is 0 Å². The Kier molecular flexibility index (Phi) is 3.47. The minimum Gasteiger partial charge on any atom is -0.393 e. The summed E-state index contributed by atoms with van der Waals surface area (Å²) in [4.78, 5) is 2.16. The zero-order valence-electron chi connectivity index (χ0n) is 8.45. The number of aliphatic hydroxyl groups is 2. The van der Waals surface area contributed by atoms with Crippen molar-refractivity contribution in [1.82, 2.24) is 4.90 Å². The molecule has 1 heterocycles. The number of hydrogen-bond donors (Lipinski definition) is 2. The summed E-state index contributed by atoms with van der Waals surface area (Å²) in [6.45, 7) is 6.35. The maximum Gasteiger partial charge on any atom is 0.102 e. The molecule has 13 heavy (non-hydrogen) atoms. The summed E-state index contributed by atoms with van der Waals surface area (Å²) in [6.07, 6.45) is 2.82. The fraction of sp³-hybridized carbons (Fsp3) is 0.800. The first-order valence-corrected chi connectivity index (χ1v) is 4.75. The molecule has 2 N–H and O–H groups in total. The average molecular weight is 185 g/mol. The summed E-state index contributed by atoms with van der Waals surface area (Å²) in [5.74, 6) is 0. The lowest BCUT2D eigenvalue weighted by atomic mass is 10.1. The highest BCUT2D eigenvalue weighted by atomic mass is 16.3. The molecule has 0 radical (unpaired) electrons. The van der Waals surface area contributed by atoms with Crippen LogP contribution in [0.2, 0.25) is 0 Å². The lowest BCUT2D eigenvalue weighted by Crippen LogP contribution is -2.36. The molecule has 0 aromatic carbocycles. The highest BCUT2D eigenvalue weighted by molar-refractivity contribution is 4.98. The number of aliphatic hydroxyl groups excluding tert-OH is 1. The molecule has 76 valence electrons. The van der Waals surface area contributed by atoms with Crippen LogP contribution in [0, 0.1) is 0 Å². The van der Waals surface area contributed by atoms with Crippen LogP contribution in [-0.2, 0) is 0 Å². The molecule has 1 rings (SSSR count). The van der Waals surface area contributed by atoms with Crippen LogP contribution >= 0.6 is 0 Å². The summed E-state index contributed by atoms with van der Waals surface area (Å²) >= 11 is 0. The highest BCUT2D eigenvalue weighted by Crippen LogP contribution is 2.20. The van der Waals surface area contributed by atoms with Gasteiger partial charge in [0.05, 0.1) is 6.61 Å². The van der Waals surface area contributed by atoms with Crippen LogP contribution in [0.15, 0.2) is 11.6 Å². The molecule has 1 fully saturated rings. The summed E-state index contributed by atoms with van der Waals surface area (Å²) < 4.78 is 0. The molecule has 0 aromatic heterocycles. The molecule has 1 saturated heterocycles. The topological polar surface area (TPSA) is 43.7 Å². The van der Waals surface area contributed by atoms with Crippen molar-refractivity contribution in [3.05, 3.63) is 11.6 Å². The van der Waals surface area contributed by atoms with Crippen molar-refractivity contribution in [1.29, 1.82) is 0 Å². The van der Waals surface area contributed by atoms with Gasteiger partial charge in [0.2, 0.25) is 0 Å². The first-order chi connectivity index (χ1) is 6.06. The lowest BCUT2D eigenvalue weighted by molar-refractivity contribution is -0.00451. The Morgan fingerprint density at radius 2 is 2.23 bits per heavy atom. The van der Waals surface area contributed by atoms with Crippen molar-refractivity contribution in [2.45, 2.75) is 25.9 Å². The molecule has 1 aliphatic rings. The average Bonchev–Trinajstić information content (AvgIpc) is 2.45. The van der Waals surface area contributed by atoms with Crippen LogP contribution in [0.25, 0.3) is 0 Å². The summed E-state index contributed by atoms with van der Waals surface area (Å²) in [5.41, 5.74) is 0.439. The van der Waals surface area contributed by atoms with Gasteiger partial charge in [-0.3, -0.25) is 4.90 Å². The molecule has 1 atom stereocenters. The Morgan fingerprint density at radius 1 is 1.54 bits per heavy atom. The molecule has 0 spiro atoms. The van der Waals surface area contributed by atoms with E-state index >= 15 is 0 Å². The highest BCUT2D eigenvalue weighted by Gasteiger charge is 2.34. The number of nitrogens with zero attached hydrogens (tertiary/aromatic N) is 1. The lowest BCUT2D eigenvalue weighted by Gasteiger charge is -2.19. The summed E-state index contributed by atoms with van der Waals surface area (Å²) in [5, 5.41) is 18.7. The van der Waals surface area contributed by atoms with Gasteiger partial charge in [-0.1, -0.05) is 11.6 Å². The quantitative estimate of drug-likeness (QED) is 0.625. The predicted octanol–water partition coefficient (Wildman–Crippen LogP) is 0.382. The molecule has 0 aromatic rings. The van der Waals surface area contributed by atoms with Crippen LogP contribution in [0.1, 0.15) is 20.3 Å². The summed E-state index contributed by atoms with van der Waals surface area (Å²) in [7, 11) is 0. The largest absolute Gasteiger partial charge is 0.393 e. The van der Waals surface area contributed by atoms with Crippen LogP contribution < -0.4 is 0 Å². The van der Waals surface area contributed by atoms with Crippen LogP contribution in [0.4, 0.5) is 0 Å². The van der Waals surface area contributed by atoms with Gasteiger partial charge in [-0.2, -0.15) is 0 Å². The minimum atomic E-state index is -0.852. The van der Waals surface area contributed by atoms with E-state index in [0.717, 1.165) is 13.1 Å². The van der Waals surface area contributed by atoms with E-state index in [2.05, 4.69) is 24.8 Å². The standard InChI is InChI=1S/C10H19NO2/c1-9(2)3-5-11-6-4-10(13,7-11)8-12/h3,12-13H,4-8H2,1-2H3. The molecule has 0 saturated carbocycles. The van der Waals surface area contributed by atoms with Gasteiger partial charge in [0.25, 0.3) is 0 Å². The third-order valence-corrected chi connectivity index (χ3v) is 2.46. The van der Waals surface area contributed by atoms with Gasteiger partial charge in [0, 0.05) is 19.6 Å². The zero-order valence-corrected chi connectivity index (χ0v) is 8.45. The Balaban J connectivity index is 2.37. The third kappa shape index (κ3) is 3.10. The third-order valence-electron chi connectivity index (χ3n) is 2.46. The molecule has 1 unspecified atom stereocenters. The predicted molar refractivity (Wildman–Crippen MR) is 52.5 cm³/mol. The maximum atomic E-state index is 9.72. The minimum absolute atomic E-state index is 0.127. The van der Waals surface area contributed by atoms with Crippen LogP contribution in [-0.4, -0.2) is 47.0 Å². The van der Waals surface area contributed by atoms with Gasteiger partial charge in [-0.25, -0.2) is 0 Å². The molecule has 1 aliphatic heterocycles. The van der Waals surface area contributed by atoms with E-state index in [1.165, 1.54) is 5.57 Å². The number of hydrogen-bond acceptors (Lipinski definition) is 3. The van der Waals surface area contributed by atoms with Crippen molar-refractivity contribution < 1.29 is 10.2 Å². The second-order valence-corrected chi connectivity index (χ2v) is 4.15. The normalized spacial score (nSPS) is 29.2. The number of β-amino-alcohol motifs (C(OH)–C–C–N with tert-alkyl or cyclic N) is 1. The molecule has 3 nitrogen and oxygen atoms in total. The van der Waals surface area contributed by atoms with Gasteiger partial charge >= 0.3 is 0 Å². The monoisotopic (exact) mass is 185 g/mol. The summed E-state index contributed by atoms with van der Waals surface area (Å²) in [6, 6.07) is 0. The van der Waals surface area contributed by atoms with E-state index in [1.807, 2.05) is 0 Å². The maximum absolute atomic E-state index is 9.72. The Morgan fingerprint density at radius 3 is 2.69 bits per heavy atom. The molecule has 0 bridgehead atoms. The molecule has 3 heteroatoms. The van der Waals surface area contributed by atoms with Gasteiger partial charge in [0.1, 0.15) is 5.60 Å². The van der Waals surface area contributed by atoms with Crippen molar-refractivity contribution in [3.63, 3.8) is 0 Å². The van der Waals surface area contributed by atoms with Crippen LogP contribution in [0.5, 0.6) is 0 Å². The van der Waals surface area contributed by atoms with E-state index < -0.39 is 5.60 Å². The van der Waals surface area contributed by atoms with E-state index in [0.29, 0.717) is 13.0 Å². The Labute approximate surface area is 79.7 Å². The van der Waals surface area contributed by atoms with Gasteiger partial charge < -0.3 is 10.2 Å². The van der Waals surface area contributed by atoms with E-state index in [4.69, 9.17) is 5.11 Å². The fourth-order valence-corrected chi connectivity index (χ4v) is 1.54. The fourth-order valence-electron chi connectivity index (χ4n) is 1.54. The van der Waals surface area contributed by atoms with Gasteiger partial charge in [-0.15, -0.1) is 0 Å². The van der Waals surface area contributed by atoms with Crippen molar-refractivity contribution in [3.8, 4) is 0 Å². The molecular weight excluding hydrogens is 166 g/mol. The molecule has 0 amide bonds. The van der Waals surface area contributed by atoms with Crippen molar-refractivity contribution >= 4 is 0 Å². The van der Waals surface area contributed by atoms with Crippen molar-refractivity contribution in [2.75, 3.05) is 26.2 Å². The van der Waals surface area contributed by atoms with E-state index in [-0.39, 0.29) is 6.61 Å². The second-order valence-electron chi connectivity index (χ2n) is 4.15. The Bertz CT molecular complexity index is 199. The smallest absolute Gasteiger partial charge is 0.102 e. The van der Waals surface area contributed by atoms with E-state index in [9.17, 15) is 5.11 Å². The number of likely N-dealkylation sites (tertiary alicyclic amines) is 1. The van der Waals surface area contributed by atoms with E-state index in [1.54, 1.807) is 0 Å². The first kappa shape index (κ1) is 10.7. The zero-order chi connectivity index (χ0) is 9.90. The van der Waals surface area contributed by atoms with Gasteiger partial charge in [0.15, 0.2) is 0 Å².